The normalized spacial score (nSPS) is 11.8. The minimum absolute atomic E-state index is 0. The van der Waals surface area contributed by atoms with Crippen LogP contribution in [0.4, 0.5) is 5.69 Å². The van der Waals surface area contributed by atoms with Crippen molar-refractivity contribution >= 4 is 39.6 Å². The maximum Gasteiger partial charge on any atom is 0.263 e. The molecule has 0 atom stereocenters. The molecule has 0 N–H and O–H groups in total. The molecule has 5 nitrogen and oxygen atoms in total. The summed E-state index contributed by atoms with van der Waals surface area (Å²) in [5.74, 6) is 0. The van der Waals surface area contributed by atoms with Crippen molar-refractivity contribution in [2.75, 3.05) is 19.6 Å². The van der Waals surface area contributed by atoms with Crippen molar-refractivity contribution < 1.29 is 0 Å². The van der Waals surface area contributed by atoms with Crippen molar-refractivity contribution in [2.45, 2.75) is 27.3 Å². The molecule has 3 aromatic rings. The van der Waals surface area contributed by atoms with Gasteiger partial charge in [-0.3, -0.25) is 9.36 Å². The van der Waals surface area contributed by atoms with Gasteiger partial charge < -0.3 is 4.90 Å². The maximum absolute atomic E-state index is 13.0. The van der Waals surface area contributed by atoms with Crippen LogP contribution in [0.2, 0.25) is 0 Å². The van der Waals surface area contributed by atoms with Crippen LogP contribution in [0, 0.1) is 6.92 Å². The van der Waals surface area contributed by atoms with Crippen molar-refractivity contribution in [2.24, 2.45) is 4.99 Å². The average Bonchev–Trinajstić information content (AvgIpc) is 2.66. The van der Waals surface area contributed by atoms with Crippen LogP contribution in [-0.2, 0) is 6.54 Å². The summed E-state index contributed by atoms with van der Waals surface area (Å²) < 4.78 is 1.78. The Hall–Kier alpha value is -2.02. The summed E-state index contributed by atoms with van der Waals surface area (Å²) in [5, 5.41) is 0.653. The number of fused-ring (bicyclic) bond motifs is 1. The molecule has 0 unspecified atom stereocenters. The number of aromatic nitrogens is 2. The van der Waals surface area contributed by atoms with Gasteiger partial charge in [-0.2, -0.15) is 0 Å². The fourth-order valence-electron chi connectivity index (χ4n) is 2.80. The fourth-order valence-corrected chi connectivity index (χ4v) is 3.79. The number of hydrogen-bond acceptors (Lipinski definition) is 5. The molecule has 144 valence electrons. The minimum atomic E-state index is -0.0233. The van der Waals surface area contributed by atoms with E-state index in [4.69, 9.17) is 4.99 Å². The first kappa shape index (κ1) is 21.3. The summed E-state index contributed by atoms with van der Waals surface area (Å²) in [6.07, 6.45) is 1.72. The number of aryl methyl sites for hydroxylation is 1. The molecule has 0 bridgehead atoms. The number of hydrogen-bond donors (Lipinski definition) is 0. The highest BCUT2D eigenvalue weighted by atomic mass is 35.5. The van der Waals surface area contributed by atoms with Crippen LogP contribution in [0.5, 0.6) is 0 Å². The van der Waals surface area contributed by atoms with Gasteiger partial charge in [-0.15, -0.1) is 12.4 Å². The number of nitrogens with zero attached hydrogens (tertiary/aromatic N) is 4. The smallest absolute Gasteiger partial charge is 0.263 e. The second kappa shape index (κ2) is 9.78. The summed E-state index contributed by atoms with van der Waals surface area (Å²) in [4.78, 5) is 25.9. The lowest BCUT2D eigenvalue weighted by molar-refractivity contribution is 0.288. The monoisotopic (exact) mass is 404 g/mol. The Labute approximate surface area is 169 Å². The zero-order chi connectivity index (χ0) is 18.5. The molecule has 0 aliphatic heterocycles. The predicted molar refractivity (Wildman–Crippen MR) is 115 cm³/mol. The van der Waals surface area contributed by atoms with Crippen LogP contribution < -0.4 is 10.4 Å². The highest BCUT2D eigenvalue weighted by Gasteiger charge is 2.09. The number of likely N-dealkylation sites (N-methyl/N-ethyl adjacent to an activating group) is 1. The summed E-state index contributed by atoms with van der Waals surface area (Å²) >= 11 is 1.46. The summed E-state index contributed by atoms with van der Waals surface area (Å²) in [5.41, 5.74) is 2.01. The van der Waals surface area contributed by atoms with Gasteiger partial charge in [0.2, 0.25) is 0 Å². The maximum atomic E-state index is 13.0. The third-order valence-electron chi connectivity index (χ3n) is 4.46. The van der Waals surface area contributed by atoms with Gasteiger partial charge in [-0.05, 0) is 44.3 Å². The third kappa shape index (κ3) is 5.03. The van der Waals surface area contributed by atoms with Gasteiger partial charge in [0.1, 0.15) is 4.83 Å². The van der Waals surface area contributed by atoms with E-state index in [2.05, 4.69) is 23.7 Å². The molecule has 0 aliphatic rings. The third-order valence-corrected chi connectivity index (χ3v) is 5.47. The topological polar surface area (TPSA) is 50.5 Å². The van der Waals surface area contributed by atoms with E-state index in [1.54, 1.807) is 10.8 Å². The molecule has 0 saturated carbocycles. The van der Waals surface area contributed by atoms with E-state index in [0.717, 1.165) is 30.2 Å². The van der Waals surface area contributed by atoms with Gasteiger partial charge in [-0.25, -0.2) is 9.98 Å². The molecule has 0 aliphatic carbocycles. The average molecular weight is 405 g/mol. The second-order valence-electron chi connectivity index (χ2n) is 6.17. The Morgan fingerprint density at radius 3 is 2.52 bits per heavy atom. The predicted octanol–water partition coefficient (Wildman–Crippen LogP) is 3.76. The first-order chi connectivity index (χ1) is 12.6. The molecule has 1 aromatic carbocycles. The summed E-state index contributed by atoms with van der Waals surface area (Å²) in [6.45, 7) is 9.69. The van der Waals surface area contributed by atoms with Crippen molar-refractivity contribution in [3.8, 4) is 0 Å². The molecule has 2 heterocycles. The Bertz CT molecular complexity index is 1010. The van der Waals surface area contributed by atoms with Gasteiger partial charge in [0.15, 0.2) is 4.80 Å². The molecule has 0 saturated heterocycles. The van der Waals surface area contributed by atoms with E-state index in [1.165, 1.54) is 16.9 Å². The zero-order valence-corrected chi connectivity index (χ0v) is 17.5. The lowest BCUT2D eigenvalue weighted by Crippen LogP contribution is -2.37. The standard InChI is InChI=1S/C20H24N4OS.ClH/c1-4-23(5-2)13-14-24-19(25)17-7-6-12-21-18(17)26-20(24)22-16-10-8-15(3)9-11-16;/h6-12H,4-5,13-14H2,1-3H3;1H. The number of halogens is 1. The van der Waals surface area contributed by atoms with E-state index < -0.39 is 0 Å². The molecule has 7 heteroatoms. The lowest BCUT2D eigenvalue weighted by Gasteiger charge is -2.18. The molecule has 0 fully saturated rings. The van der Waals surface area contributed by atoms with Crippen LogP contribution in [0.1, 0.15) is 19.4 Å². The quantitative estimate of drug-likeness (QED) is 0.628. The molecular formula is C20H25ClN4OS. The molecule has 0 amide bonds. The van der Waals surface area contributed by atoms with Crippen LogP contribution in [0.15, 0.2) is 52.4 Å². The molecule has 27 heavy (non-hydrogen) atoms. The van der Waals surface area contributed by atoms with Crippen molar-refractivity contribution in [3.05, 3.63) is 63.3 Å². The van der Waals surface area contributed by atoms with Gasteiger partial charge in [0, 0.05) is 19.3 Å². The first-order valence-electron chi connectivity index (χ1n) is 8.94. The second-order valence-corrected chi connectivity index (χ2v) is 7.13. The molecular weight excluding hydrogens is 380 g/mol. The molecule has 0 radical (unpaired) electrons. The van der Waals surface area contributed by atoms with Crippen molar-refractivity contribution in [1.82, 2.24) is 14.5 Å². The molecule has 0 spiro atoms. The Balaban J connectivity index is 0.00000261. The van der Waals surface area contributed by atoms with Gasteiger partial charge in [0.05, 0.1) is 11.1 Å². The highest BCUT2D eigenvalue weighted by molar-refractivity contribution is 7.15. The minimum Gasteiger partial charge on any atom is -0.302 e. The Kier molecular flexibility index (Phi) is 7.71. The van der Waals surface area contributed by atoms with Crippen molar-refractivity contribution in [1.29, 1.82) is 0 Å². The number of benzene rings is 1. The van der Waals surface area contributed by atoms with Crippen LogP contribution in [-0.4, -0.2) is 34.1 Å². The van der Waals surface area contributed by atoms with E-state index in [9.17, 15) is 4.79 Å². The molecule has 3 rings (SSSR count). The highest BCUT2D eigenvalue weighted by Crippen LogP contribution is 2.13. The fraction of sp³-hybridized carbons (Fsp3) is 0.350. The van der Waals surface area contributed by atoms with E-state index >= 15 is 0 Å². The van der Waals surface area contributed by atoms with Crippen LogP contribution >= 0.6 is 23.7 Å². The van der Waals surface area contributed by atoms with E-state index in [-0.39, 0.29) is 18.0 Å². The summed E-state index contributed by atoms with van der Waals surface area (Å²) in [7, 11) is 0. The van der Waals surface area contributed by atoms with Crippen LogP contribution in [0.3, 0.4) is 0 Å². The largest absolute Gasteiger partial charge is 0.302 e. The van der Waals surface area contributed by atoms with Crippen molar-refractivity contribution in [3.63, 3.8) is 0 Å². The van der Waals surface area contributed by atoms with E-state index in [0.29, 0.717) is 16.7 Å². The summed E-state index contributed by atoms with van der Waals surface area (Å²) in [6, 6.07) is 11.7. The van der Waals surface area contributed by atoms with Gasteiger partial charge in [-0.1, -0.05) is 42.9 Å². The Morgan fingerprint density at radius 1 is 1.15 bits per heavy atom. The van der Waals surface area contributed by atoms with Gasteiger partial charge in [0.25, 0.3) is 5.56 Å². The first-order valence-corrected chi connectivity index (χ1v) is 9.76. The van der Waals surface area contributed by atoms with E-state index in [1.807, 2.05) is 43.3 Å². The number of rotatable bonds is 6. The SMILES string of the molecule is CCN(CC)CCn1c(=Nc2ccc(C)cc2)sc2ncccc2c1=O.Cl. The Morgan fingerprint density at radius 2 is 1.85 bits per heavy atom. The van der Waals surface area contributed by atoms with Gasteiger partial charge >= 0.3 is 0 Å². The molecule has 2 aromatic heterocycles. The van der Waals surface area contributed by atoms with Crippen LogP contribution in [0.25, 0.3) is 10.2 Å². The lowest BCUT2D eigenvalue weighted by atomic mass is 10.2. The zero-order valence-electron chi connectivity index (χ0n) is 15.9. The number of pyridine rings is 1.